The van der Waals surface area contributed by atoms with Crippen LogP contribution in [-0.4, -0.2) is 42.3 Å². The van der Waals surface area contributed by atoms with Crippen molar-refractivity contribution < 1.29 is 24.2 Å². The van der Waals surface area contributed by atoms with Crippen molar-refractivity contribution in [3.63, 3.8) is 0 Å². The lowest BCUT2D eigenvalue weighted by Crippen LogP contribution is -2.47. The average molecular weight is 463 g/mol. The second-order valence-electron chi connectivity index (χ2n) is 9.83. The van der Waals surface area contributed by atoms with Crippen LogP contribution in [0.4, 0.5) is 4.79 Å². The number of rotatable bonds is 9. The maximum atomic E-state index is 12.7. The predicted octanol–water partition coefficient (Wildman–Crippen LogP) is 4.06. The molecule has 7 heteroatoms. The molecule has 0 radical (unpaired) electrons. The standard InChI is InChI=1S/C27H30N2O5/c30-24(28-16-27(12-13-27)25(31)32)14-23(17-6-5-7-17)29-26(33)34-15-22-20-10-3-1-8-18(20)19-9-2-4-11-21(19)22/h1-4,8-11,17,22-23H,5-7,12-16H2,(H,28,30)(H,29,33)(H,31,32). The molecule has 0 bridgehead atoms. The van der Waals surface area contributed by atoms with Crippen molar-refractivity contribution in [2.75, 3.05) is 13.2 Å². The van der Waals surface area contributed by atoms with Crippen LogP contribution >= 0.6 is 0 Å². The topological polar surface area (TPSA) is 105 Å². The quantitative estimate of drug-likeness (QED) is 0.521. The molecule has 2 amide bonds. The fraction of sp³-hybridized carbons (Fsp3) is 0.444. The third kappa shape index (κ3) is 4.39. The van der Waals surface area contributed by atoms with Gasteiger partial charge < -0.3 is 20.5 Å². The largest absolute Gasteiger partial charge is 0.481 e. The molecular weight excluding hydrogens is 432 g/mol. The summed E-state index contributed by atoms with van der Waals surface area (Å²) in [4.78, 5) is 36.6. The zero-order valence-electron chi connectivity index (χ0n) is 19.1. The highest BCUT2D eigenvalue weighted by Crippen LogP contribution is 2.45. The summed E-state index contributed by atoms with van der Waals surface area (Å²) in [7, 11) is 0. The zero-order valence-corrected chi connectivity index (χ0v) is 19.1. The number of ether oxygens (including phenoxy) is 1. The highest BCUT2D eigenvalue weighted by Gasteiger charge is 2.50. The Morgan fingerprint density at radius 2 is 1.62 bits per heavy atom. The van der Waals surface area contributed by atoms with Crippen LogP contribution in [0.2, 0.25) is 0 Å². The first-order chi connectivity index (χ1) is 16.5. The Labute approximate surface area is 198 Å². The summed E-state index contributed by atoms with van der Waals surface area (Å²) < 4.78 is 5.67. The van der Waals surface area contributed by atoms with E-state index >= 15 is 0 Å². The van der Waals surface area contributed by atoms with Gasteiger partial charge in [-0.25, -0.2) is 4.79 Å². The van der Waals surface area contributed by atoms with Crippen molar-refractivity contribution >= 4 is 18.0 Å². The van der Waals surface area contributed by atoms with Crippen LogP contribution in [0.25, 0.3) is 11.1 Å². The number of nitrogens with one attached hydrogen (secondary N) is 2. The van der Waals surface area contributed by atoms with Crippen molar-refractivity contribution in [3.8, 4) is 11.1 Å². The van der Waals surface area contributed by atoms with Crippen LogP contribution in [-0.2, 0) is 14.3 Å². The summed E-state index contributed by atoms with van der Waals surface area (Å²) in [6, 6.07) is 16.1. The van der Waals surface area contributed by atoms with E-state index < -0.39 is 17.5 Å². The number of alkyl carbamates (subject to hydrolysis) is 1. The second kappa shape index (κ2) is 9.12. The number of carboxylic acid groups (broad SMARTS) is 1. The first-order valence-corrected chi connectivity index (χ1v) is 12.1. The minimum absolute atomic E-state index is 0.0191. The maximum absolute atomic E-state index is 12.7. The molecule has 34 heavy (non-hydrogen) atoms. The third-order valence-corrected chi connectivity index (χ3v) is 7.70. The third-order valence-electron chi connectivity index (χ3n) is 7.70. The molecule has 0 saturated heterocycles. The number of hydrogen-bond acceptors (Lipinski definition) is 4. The van der Waals surface area contributed by atoms with E-state index in [2.05, 4.69) is 34.9 Å². The van der Waals surface area contributed by atoms with Gasteiger partial charge in [0.15, 0.2) is 0 Å². The summed E-state index contributed by atoms with van der Waals surface area (Å²) in [5.41, 5.74) is 3.84. The Balaban J connectivity index is 1.18. The number of fused-ring (bicyclic) bond motifs is 3. The molecule has 3 N–H and O–H groups in total. The summed E-state index contributed by atoms with van der Waals surface area (Å²) in [5, 5.41) is 15.0. The van der Waals surface area contributed by atoms with Gasteiger partial charge in [0.2, 0.25) is 5.91 Å². The Kier molecular flexibility index (Phi) is 6.02. The van der Waals surface area contributed by atoms with Gasteiger partial charge in [-0.15, -0.1) is 0 Å². The summed E-state index contributed by atoms with van der Waals surface area (Å²) >= 11 is 0. The molecule has 2 aromatic carbocycles. The summed E-state index contributed by atoms with van der Waals surface area (Å²) in [6.07, 6.45) is 3.79. The molecule has 3 aliphatic rings. The van der Waals surface area contributed by atoms with E-state index in [1.165, 1.54) is 11.1 Å². The molecule has 3 aliphatic carbocycles. The van der Waals surface area contributed by atoms with Crippen molar-refractivity contribution in [2.45, 2.75) is 50.5 Å². The zero-order chi connectivity index (χ0) is 23.7. The molecule has 0 aromatic heterocycles. The normalized spacial score (nSPS) is 18.7. The SMILES string of the molecule is O=C(CC(NC(=O)OCC1c2ccccc2-c2ccccc21)C1CCC1)NCC1(C(=O)O)CC1. The molecular formula is C27H30N2O5. The second-order valence-corrected chi connectivity index (χ2v) is 9.83. The van der Waals surface area contributed by atoms with Gasteiger partial charge in [0.1, 0.15) is 6.61 Å². The summed E-state index contributed by atoms with van der Waals surface area (Å²) in [6.45, 7) is 0.369. The van der Waals surface area contributed by atoms with Gasteiger partial charge >= 0.3 is 12.1 Å². The molecule has 5 rings (SSSR count). The number of carbonyl (C=O) groups is 3. The number of amides is 2. The number of carboxylic acids is 1. The average Bonchev–Trinajstić information content (AvgIpc) is 3.52. The van der Waals surface area contributed by atoms with E-state index in [-0.39, 0.29) is 43.4 Å². The molecule has 1 unspecified atom stereocenters. The Morgan fingerprint density at radius 3 is 2.15 bits per heavy atom. The van der Waals surface area contributed by atoms with Gasteiger partial charge in [-0.05, 0) is 53.9 Å². The fourth-order valence-electron chi connectivity index (χ4n) is 5.13. The first kappa shape index (κ1) is 22.4. The maximum Gasteiger partial charge on any atom is 0.407 e. The molecule has 178 valence electrons. The molecule has 0 aliphatic heterocycles. The van der Waals surface area contributed by atoms with Gasteiger partial charge in [-0.3, -0.25) is 9.59 Å². The Morgan fingerprint density at radius 1 is 1.00 bits per heavy atom. The van der Waals surface area contributed by atoms with Crippen LogP contribution in [0.15, 0.2) is 48.5 Å². The van der Waals surface area contributed by atoms with Gasteiger partial charge in [0.25, 0.3) is 0 Å². The van der Waals surface area contributed by atoms with Crippen molar-refractivity contribution in [2.24, 2.45) is 11.3 Å². The molecule has 7 nitrogen and oxygen atoms in total. The van der Waals surface area contributed by atoms with E-state index in [0.29, 0.717) is 12.8 Å². The lowest BCUT2D eigenvalue weighted by Gasteiger charge is -2.33. The lowest BCUT2D eigenvalue weighted by molar-refractivity contribution is -0.143. The molecule has 0 spiro atoms. The fourth-order valence-corrected chi connectivity index (χ4v) is 5.13. The van der Waals surface area contributed by atoms with Crippen molar-refractivity contribution in [1.82, 2.24) is 10.6 Å². The molecule has 2 aromatic rings. The molecule has 0 heterocycles. The number of benzene rings is 2. The minimum atomic E-state index is -0.861. The van der Waals surface area contributed by atoms with Crippen molar-refractivity contribution in [1.29, 1.82) is 0 Å². The van der Waals surface area contributed by atoms with Crippen LogP contribution < -0.4 is 10.6 Å². The number of carbonyl (C=O) groups excluding carboxylic acids is 2. The van der Waals surface area contributed by atoms with Crippen molar-refractivity contribution in [3.05, 3.63) is 59.7 Å². The lowest BCUT2D eigenvalue weighted by atomic mass is 9.78. The van der Waals surface area contributed by atoms with Crippen LogP contribution in [0.5, 0.6) is 0 Å². The van der Waals surface area contributed by atoms with Gasteiger partial charge in [-0.2, -0.15) is 0 Å². The predicted molar refractivity (Wildman–Crippen MR) is 126 cm³/mol. The van der Waals surface area contributed by atoms with E-state index in [1.807, 2.05) is 24.3 Å². The smallest absolute Gasteiger partial charge is 0.407 e. The molecule has 2 fully saturated rings. The molecule has 2 saturated carbocycles. The highest BCUT2D eigenvalue weighted by atomic mass is 16.5. The van der Waals surface area contributed by atoms with E-state index in [4.69, 9.17) is 4.74 Å². The monoisotopic (exact) mass is 462 g/mol. The molecule has 1 atom stereocenters. The Hall–Kier alpha value is -3.35. The van der Waals surface area contributed by atoms with Crippen LogP contribution in [0, 0.1) is 11.3 Å². The summed E-state index contributed by atoms with van der Waals surface area (Å²) in [5.74, 6) is -0.876. The van der Waals surface area contributed by atoms with Gasteiger partial charge in [0.05, 0.1) is 5.41 Å². The van der Waals surface area contributed by atoms with Crippen LogP contribution in [0.3, 0.4) is 0 Å². The van der Waals surface area contributed by atoms with Crippen LogP contribution in [0.1, 0.15) is 55.6 Å². The first-order valence-electron chi connectivity index (χ1n) is 12.1. The van der Waals surface area contributed by atoms with E-state index in [0.717, 1.165) is 30.4 Å². The number of aliphatic carboxylic acids is 1. The van der Waals surface area contributed by atoms with E-state index in [9.17, 15) is 19.5 Å². The Bertz CT molecular complexity index is 1060. The highest BCUT2D eigenvalue weighted by molar-refractivity contribution is 5.82. The van der Waals surface area contributed by atoms with Gasteiger partial charge in [0, 0.05) is 24.9 Å². The minimum Gasteiger partial charge on any atom is -0.481 e. The number of hydrogen-bond donors (Lipinski definition) is 3. The van der Waals surface area contributed by atoms with E-state index in [1.54, 1.807) is 0 Å². The van der Waals surface area contributed by atoms with Gasteiger partial charge in [-0.1, -0.05) is 55.0 Å².